The van der Waals surface area contributed by atoms with Crippen LogP contribution in [0.25, 0.3) is 0 Å². The molecule has 2 aliphatic heterocycles. The molecule has 4 aliphatic carbocycles. The predicted molar refractivity (Wildman–Crippen MR) is 224 cm³/mol. The van der Waals surface area contributed by atoms with Crippen LogP contribution < -0.4 is 10.6 Å². The number of fused-ring (bicyclic) bond motifs is 4. The van der Waals surface area contributed by atoms with E-state index in [0.29, 0.717) is 24.0 Å². The Morgan fingerprint density at radius 2 is 1.60 bits per heavy atom. The van der Waals surface area contributed by atoms with Crippen LogP contribution in [-0.4, -0.2) is 100 Å². The maximum Gasteiger partial charge on any atom is 0.342 e. The summed E-state index contributed by atoms with van der Waals surface area (Å²) >= 11 is 0. The SMILES string of the molecule is CC(=O)O[C@@]12CO[C@@H]1CC[C@@H]1[C@H](C)[C@@]13C(=O)[C@H](OC1OC1C)C1C(C)=C(OC(=O)[C@H](O)[C@@H](NC(=O)NC(C)(C)C)c4ccccc4)C[C@@](O)([C@@H](OC(=O)c4ccccc4)[C@H]23)C1(C)C. The van der Waals surface area contributed by atoms with Gasteiger partial charge in [-0.2, -0.15) is 0 Å². The lowest BCUT2D eigenvalue weighted by atomic mass is 9.48. The molecule has 2 aromatic rings. The third-order valence-electron chi connectivity index (χ3n) is 14.9. The van der Waals surface area contributed by atoms with E-state index in [0.717, 1.165) is 0 Å². The van der Waals surface area contributed by atoms with Gasteiger partial charge in [0.05, 0.1) is 24.1 Å². The van der Waals surface area contributed by atoms with Crippen LogP contribution in [0.1, 0.15) is 104 Å². The molecular weight excluding hydrogens is 813 g/mol. The minimum Gasteiger partial charge on any atom is -0.455 e. The number of ether oxygens (including phenoxy) is 6. The molecular formula is C48H60N2O13. The Morgan fingerprint density at radius 1 is 0.968 bits per heavy atom. The van der Waals surface area contributed by atoms with Crippen LogP contribution in [0.2, 0.25) is 0 Å². The van der Waals surface area contributed by atoms with Crippen LogP contribution in [0.5, 0.6) is 0 Å². The third kappa shape index (κ3) is 7.37. The van der Waals surface area contributed by atoms with Crippen molar-refractivity contribution in [2.75, 3.05) is 6.61 Å². The zero-order chi connectivity index (χ0) is 45.6. The smallest absolute Gasteiger partial charge is 0.342 e. The Hall–Kier alpha value is -4.67. The zero-order valence-electron chi connectivity index (χ0n) is 37.3. The van der Waals surface area contributed by atoms with Crippen molar-refractivity contribution < 1.29 is 62.6 Å². The van der Waals surface area contributed by atoms with Gasteiger partial charge in [-0.1, -0.05) is 69.3 Å². The first kappa shape index (κ1) is 44.9. The Kier molecular flexibility index (Phi) is 11.3. The van der Waals surface area contributed by atoms with Crippen LogP contribution in [0.3, 0.4) is 0 Å². The molecule has 15 heteroatoms. The van der Waals surface area contributed by atoms with Crippen molar-refractivity contribution in [2.24, 2.45) is 34.5 Å². The number of ketones is 1. The maximum atomic E-state index is 16.1. The van der Waals surface area contributed by atoms with E-state index in [-0.39, 0.29) is 41.7 Å². The van der Waals surface area contributed by atoms with Crippen LogP contribution >= 0.6 is 0 Å². The fourth-order valence-corrected chi connectivity index (χ4v) is 11.7. The molecule has 2 bridgehead atoms. The lowest BCUT2D eigenvalue weighted by molar-refractivity contribution is -0.313. The second-order valence-electron chi connectivity index (χ2n) is 20.1. The molecule has 1 spiro atoms. The number of aliphatic hydroxyl groups is 2. The number of rotatable bonds is 10. The number of nitrogens with one attached hydrogen (secondary N) is 2. The number of epoxide rings is 1. The number of hydrogen-bond donors (Lipinski definition) is 4. The van der Waals surface area contributed by atoms with Crippen molar-refractivity contribution in [3.05, 3.63) is 83.1 Å². The molecule has 340 valence electrons. The van der Waals surface area contributed by atoms with E-state index in [9.17, 15) is 29.4 Å². The summed E-state index contributed by atoms with van der Waals surface area (Å²) in [5.41, 5.74) is -6.07. The van der Waals surface area contributed by atoms with Crippen molar-refractivity contribution in [2.45, 2.75) is 141 Å². The number of urea groups is 1. The molecule has 0 aromatic heterocycles. The van der Waals surface area contributed by atoms with Gasteiger partial charge in [-0.15, -0.1) is 0 Å². The lowest BCUT2D eigenvalue weighted by Crippen LogP contribution is -2.76. The molecule has 4 N–H and O–H groups in total. The molecule has 14 atom stereocenters. The first-order valence-corrected chi connectivity index (χ1v) is 22.0. The highest BCUT2D eigenvalue weighted by molar-refractivity contribution is 5.95. The molecule has 3 saturated carbocycles. The summed E-state index contributed by atoms with van der Waals surface area (Å²) < 4.78 is 37.8. The van der Waals surface area contributed by atoms with Gasteiger partial charge in [-0.3, -0.25) is 9.59 Å². The number of carbonyl (C=O) groups is 5. The average molecular weight is 873 g/mol. The first-order chi connectivity index (χ1) is 29.6. The van der Waals surface area contributed by atoms with Gasteiger partial charge in [-0.05, 0) is 82.6 Å². The first-order valence-electron chi connectivity index (χ1n) is 22.0. The van der Waals surface area contributed by atoms with E-state index in [1.54, 1.807) is 102 Å². The number of aliphatic hydroxyl groups excluding tert-OH is 1. The highest BCUT2D eigenvalue weighted by Gasteiger charge is 2.85. The van der Waals surface area contributed by atoms with Crippen molar-refractivity contribution in [1.82, 2.24) is 10.6 Å². The summed E-state index contributed by atoms with van der Waals surface area (Å²) in [6, 6.07) is 14.8. The van der Waals surface area contributed by atoms with Gasteiger partial charge in [0.25, 0.3) is 0 Å². The van der Waals surface area contributed by atoms with E-state index in [1.165, 1.54) is 6.92 Å². The molecule has 15 nitrogen and oxygen atoms in total. The molecule has 2 heterocycles. The van der Waals surface area contributed by atoms with Gasteiger partial charge < -0.3 is 49.3 Å². The van der Waals surface area contributed by atoms with Crippen molar-refractivity contribution in [3.8, 4) is 0 Å². The van der Waals surface area contributed by atoms with Gasteiger partial charge in [0.2, 0.25) is 0 Å². The topological polar surface area (TPSA) is 209 Å². The van der Waals surface area contributed by atoms with E-state index in [1.807, 2.05) is 13.8 Å². The Bertz CT molecular complexity index is 2190. The molecule has 3 unspecified atom stereocenters. The van der Waals surface area contributed by atoms with Gasteiger partial charge in [0.15, 0.2) is 23.8 Å². The normalized spacial score (nSPS) is 37.1. The average Bonchev–Trinajstić information content (AvgIpc) is 4.09. The van der Waals surface area contributed by atoms with Crippen molar-refractivity contribution >= 4 is 29.7 Å². The summed E-state index contributed by atoms with van der Waals surface area (Å²) in [6.45, 7) is 15.5. The largest absolute Gasteiger partial charge is 0.455 e. The van der Waals surface area contributed by atoms with Gasteiger partial charge >= 0.3 is 23.9 Å². The van der Waals surface area contributed by atoms with Crippen LogP contribution in [0.15, 0.2) is 72.0 Å². The maximum absolute atomic E-state index is 16.1. The van der Waals surface area contributed by atoms with Crippen LogP contribution in [0, 0.1) is 34.5 Å². The standard InChI is InChI=1S/C48H60N2O13/c1-24-31(60-41(55)35(52)34(28-16-12-10-13-17-28)49-43(56)50-44(5,6)7)22-47(57)39(62-40(54)29-18-14-11-15-19-29)37-46(63-27(4)51)23-58-32(46)21-20-30-25(2)48(30,37)38(53)36(33(24)45(47,8)9)61-42-26(3)59-42/h10-19,25-26,30,32-37,39,42,52,57H,20-23H2,1-9H3,(H2,49,50,56)/t25-,26?,30+,32+,33?,34-,35+,36+,37+,39-,42?,46-,47+,48+/m0/s1. The molecule has 5 fully saturated rings. The minimum absolute atomic E-state index is 0.0864. The number of benzene rings is 2. The van der Waals surface area contributed by atoms with Gasteiger partial charge in [0, 0.05) is 35.6 Å². The summed E-state index contributed by atoms with van der Waals surface area (Å²) in [5.74, 6) is -5.74. The Morgan fingerprint density at radius 3 is 2.17 bits per heavy atom. The van der Waals surface area contributed by atoms with Crippen molar-refractivity contribution in [3.63, 3.8) is 0 Å². The van der Waals surface area contributed by atoms with Gasteiger partial charge in [-0.25, -0.2) is 14.4 Å². The fourth-order valence-electron chi connectivity index (χ4n) is 11.7. The van der Waals surface area contributed by atoms with Crippen LogP contribution in [-0.2, 0) is 42.8 Å². The molecule has 0 radical (unpaired) electrons. The molecule has 2 amide bonds. The lowest BCUT2D eigenvalue weighted by Gasteiger charge is -2.63. The number of carbonyl (C=O) groups excluding carboxylic acids is 5. The number of Topliss-reactive ketones (excluding diaryl/α,β-unsaturated/α-hetero) is 1. The Balaban J connectivity index is 1.28. The summed E-state index contributed by atoms with van der Waals surface area (Å²) in [5, 5.41) is 31.3. The Labute approximate surface area is 367 Å². The summed E-state index contributed by atoms with van der Waals surface area (Å²) in [4.78, 5) is 71.4. The third-order valence-corrected chi connectivity index (χ3v) is 14.9. The zero-order valence-corrected chi connectivity index (χ0v) is 37.3. The molecule has 6 aliphatic rings. The van der Waals surface area contributed by atoms with Crippen molar-refractivity contribution in [1.29, 1.82) is 0 Å². The van der Waals surface area contributed by atoms with Crippen LogP contribution in [0.4, 0.5) is 4.79 Å². The highest BCUT2D eigenvalue weighted by atomic mass is 16.8. The molecule has 63 heavy (non-hydrogen) atoms. The molecule has 8 rings (SSSR count). The number of hydrogen-bond acceptors (Lipinski definition) is 13. The van der Waals surface area contributed by atoms with E-state index < -0.39 is 107 Å². The summed E-state index contributed by atoms with van der Waals surface area (Å²) in [6.07, 6.45) is -6.06. The number of amides is 2. The van der Waals surface area contributed by atoms with E-state index in [4.69, 9.17) is 28.4 Å². The second kappa shape index (κ2) is 15.8. The summed E-state index contributed by atoms with van der Waals surface area (Å²) in [7, 11) is 0. The molecule has 2 saturated heterocycles. The van der Waals surface area contributed by atoms with Gasteiger partial charge in [0.1, 0.15) is 35.8 Å². The highest BCUT2D eigenvalue weighted by Crippen LogP contribution is 2.76. The monoisotopic (exact) mass is 872 g/mol. The van der Waals surface area contributed by atoms with E-state index in [2.05, 4.69) is 10.6 Å². The quantitative estimate of drug-likeness (QED) is 0.140. The predicted octanol–water partition coefficient (Wildman–Crippen LogP) is 5.08. The van der Waals surface area contributed by atoms with E-state index >= 15 is 4.79 Å². The fraction of sp³-hybridized carbons (Fsp3) is 0.604. The minimum atomic E-state index is -2.17. The molecule has 2 aromatic carbocycles. The number of esters is 3. The second-order valence-corrected chi connectivity index (χ2v) is 20.1.